The van der Waals surface area contributed by atoms with E-state index in [2.05, 4.69) is 5.32 Å². The third-order valence-corrected chi connectivity index (χ3v) is 7.41. The summed E-state index contributed by atoms with van der Waals surface area (Å²) in [4.78, 5) is 27.9. The van der Waals surface area contributed by atoms with Crippen LogP contribution in [-0.4, -0.2) is 50.0 Å². The fourth-order valence-electron chi connectivity index (χ4n) is 3.46. The number of carbonyl (C=O) groups excluding carboxylic acids is 2. The molecule has 0 bridgehead atoms. The van der Waals surface area contributed by atoms with Crippen LogP contribution in [0.5, 0.6) is 0 Å². The summed E-state index contributed by atoms with van der Waals surface area (Å²) >= 11 is 12.7. The van der Waals surface area contributed by atoms with Crippen molar-refractivity contribution < 1.29 is 22.4 Å². The minimum absolute atomic E-state index is 0.136. The second-order valence-corrected chi connectivity index (χ2v) is 10.9. The first-order valence-corrected chi connectivity index (χ1v) is 13.8. The second-order valence-electron chi connectivity index (χ2n) is 8.18. The van der Waals surface area contributed by atoms with E-state index in [0.717, 1.165) is 12.3 Å². The van der Waals surface area contributed by atoms with Crippen molar-refractivity contribution >= 4 is 50.7 Å². The van der Waals surface area contributed by atoms with Crippen molar-refractivity contribution in [1.29, 1.82) is 0 Å². The lowest BCUT2D eigenvalue weighted by Gasteiger charge is -2.33. The Hall–Kier alpha value is -2.36. The highest BCUT2D eigenvalue weighted by Crippen LogP contribution is 2.28. The Bertz CT molecular complexity index is 1140. The van der Waals surface area contributed by atoms with E-state index < -0.39 is 40.2 Å². The number of hydrogen-bond acceptors (Lipinski definition) is 4. The van der Waals surface area contributed by atoms with Gasteiger partial charge in [-0.1, -0.05) is 55.2 Å². The molecule has 0 saturated heterocycles. The molecular formula is C24H30Cl2FN3O4S. The quantitative estimate of drug-likeness (QED) is 0.446. The van der Waals surface area contributed by atoms with E-state index in [-0.39, 0.29) is 24.7 Å². The summed E-state index contributed by atoms with van der Waals surface area (Å²) < 4.78 is 40.2. The van der Waals surface area contributed by atoms with Crippen LogP contribution in [0.15, 0.2) is 42.5 Å². The van der Waals surface area contributed by atoms with E-state index in [1.807, 2.05) is 13.8 Å². The fraction of sp³-hybridized carbons (Fsp3) is 0.417. The summed E-state index contributed by atoms with van der Waals surface area (Å²) in [5.74, 6) is -1.90. The van der Waals surface area contributed by atoms with Crippen molar-refractivity contribution in [3.63, 3.8) is 0 Å². The van der Waals surface area contributed by atoms with Crippen LogP contribution in [0.25, 0.3) is 0 Å². The van der Waals surface area contributed by atoms with Gasteiger partial charge in [-0.15, -0.1) is 0 Å². The molecule has 0 aliphatic heterocycles. The number of anilines is 1. The predicted octanol–water partition coefficient (Wildman–Crippen LogP) is 4.62. The largest absolute Gasteiger partial charge is 0.352 e. The van der Waals surface area contributed by atoms with Gasteiger partial charge >= 0.3 is 0 Å². The Morgan fingerprint density at radius 1 is 1.03 bits per heavy atom. The first-order chi connectivity index (χ1) is 16.4. The molecule has 0 saturated carbocycles. The molecule has 11 heteroatoms. The minimum Gasteiger partial charge on any atom is -0.352 e. The van der Waals surface area contributed by atoms with E-state index in [9.17, 15) is 22.4 Å². The third-order valence-electron chi connectivity index (χ3n) is 5.58. The molecule has 0 aromatic heterocycles. The molecule has 2 aromatic carbocycles. The van der Waals surface area contributed by atoms with Crippen LogP contribution in [0.3, 0.4) is 0 Å². The molecule has 2 atom stereocenters. The zero-order chi connectivity index (χ0) is 26.3. The molecule has 0 aliphatic rings. The average molecular weight is 546 g/mol. The Morgan fingerprint density at radius 3 is 2.14 bits per heavy atom. The lowest BCUT2D eigenvalue weighted by Crippen LogP contribution is -2.53. The first-order valence-electron chi connectivity index (χ1n) is 11.2. The van der Waals surface area contributed by atoms with E-state index in [1.165, 1.54) is 23.1 Å². The van der Waals surface area contributed by atoms with Gasteiger partial charge in [0, 0.05) is 28.2 Å². The van der Waals surface area contributed by atoms with Crippen LogP contribution >= 0.6 is 23.2 Å². The van der Waals surface area contributed by atoms with Gasteiger partial charge in [0.1, 0.15) is 18.4 Å². The van der Waals surface area contributed by atoms with E-state index in [4.69, 9.17) is 23.2 Å². The monoisotopic (exact) mass is 545 g/mol. The van der Waals surface area contributed by atoms with Crippen LogP contribution in [0, 0.1) is 5.82 Å². The number of halogens is 3. The average Bonchev–Trinajstić information content (AvgIpc) is 2.78. The summed E-state index contributed by atoms with van der Waals surface area (Å²) in [6.45, 7) is 4.64. The maximum absolute atomic E-state index is 14.5. The molecule has 0 spiro atoms. The highest BCUT2D eigenvalue weighted by Gasteiger charge is 2.33. The lowest BCUT2D eigenvalue weighted by atomic mass is 10.1. The zero-order valence-corrected chi connectivity index (χ0v) is 22.4. The number of sulfonamides is 1. The predicted molar refractivity (Wildman–Crippen MR) is 138 cm³/mol. The first kappa shape index (κ1) is 28.9. The van der Waals surface area contributed by atoms with E-state index in [1.54, 1.807) is 25.1 Å². The Morgan fingerprint density at radius 2 is 1.63 bits per heavy atom. The molecule has 0 unspecified atom stereocenters. The molecule has 7 nitrogen and oxygen atoms in total. The number of benzene rings is 2. The molecule has 0 fully saturated rings. The Labute approximate surface area is 216 Å². The van der Waals surface area contributed by atoms with Gasteiger partial charge in [-0.2, -0.15) is 0 Å². The van der Waals surface area contributed by atoms with E-state index in [0.29, 0.717) is 26.3 Å². The van der Waals surface area contributed by atoms with Crippen molar-refractivity contribution in [2.45, 2.75) is 52.2 Å². The normalized spacial score (nSPS) is 13.1. The topological polar surface area (TPSA) is 86.8 Å². The van der Waals surface area contributed by atoms with Crippen molar-refractivity contribution in [3.05, 3.63) is 63.9 Å². The fourth-order valence-corrected chi connectivity index (χ4v) is 4.83. The van der Waals surface area contributed by atoms with Gasteiger partial charge in [-0.05, 0) is 44.0 Å². The summed E-state index contributed by atoms with van der Waals surface area (Å²) in [5.41, 5.74) is 0.145. The molecule has 2 rings (SSSR count). The molecular weight excluding hydrogens is 516 g/mol. The van der Waals surface area contributed by atoms with Crippen molar-refractivity contribution in [2.24, 2.45) is 0 Å². The van der Waals surface area contributed by atoms with Gasteiger partial charge in [0.25, 0.3) is 0 Å². The molecule has 0 aliphatic carbocycles. The third kappa shape index (κ3) is 7.56. The van der Waals surface area contributed by atoms with Gasteiger partial charge < -0.3 is 10.2 Å². The number of hydrogen-bond donors (Lipinski definition) is 1. The SMILES string of the molecule is CC[C@H](C)NC(=O)[C@H](CC)N(Cc1c(Cl)cccc1Cl)C(=O)CN(c1ccccc1F)S(C)(=O)=O. The molecule has 2 amide bonds. The Kier molecular flexibility index (Phi) is 10.4. The molecule has 2 aromatic rings. The maximum Gasteiger partial charge on any atom is 0.244 e. The molecule has 1 N–H and O–H groups in total. The van der Waals surface area contributed by atoms with Crippen molar-refractivity contribution in [3.8, 4) is 0 Å². The summed E-state index contributed by atoms with van der Waals surface area (Å²) in [7, 11) is -4.04. The molecule has 35 heavy (non-hydrogen) atoms. The van der Waals surface area contributed by atoms with Gasteiger partial charge in [0.05, 0.1) is 11.9 Å². The zero-order valence-electron chi connectivity index (χ0n) is 20.1. The summed E-state index contributed by atoms with van der Waals surface area (Å²) in [6, 6.07) is 9.04. The number of carbonyl (C=O) groups is 2. The Balaban J connectivity index is 2.52. The van der Waals surface area contributed by atoms with Gasteiger partial charge in [0.15, 0.2) is 0 Å². The lowest BCUT2D eigenvalue weighted by molar-refractivity contribution is -0.140. The highest BCUT2D eigenvalue weighted by atomic mass is 35.5. The summed E-state index contributed by atoms with van der Waals surface area (Å²) in [6.07, 6.45) is 1.81. The standard InChI is InChI=1S/C24H30Cl2FN3O4S/c1-5-16(3)28-24(32)21(6-2)29(14-17-18(25)10-9-11-19(17)26)23(31)15-30(35(4,33)34)22-13-8-7-12-20(22)27/h7-13,16,21H,5-6,14-15H2,1-4H3,(H,28,32)/t16-,21-/m0/s1. The number of nitrogens with one attached hydrogen (secondary N) is 1. The highest BCUT2D eigenvalue weighted by molar-refractivity contribution is 7.92. The van der Waals surface area contributed by atoms with Crippen LogP contribution in [0.1, 0.15) is 39.2 Å². The van der Waals surface area contributed by atoms with E-state index >= 15 is 0 Å². The second kappa shape index (κ2) is 12.6. The van der Waals surface area contributed by atoms with Crippen LogP contribution in [-0.2, 0) is 26.2 Å². The molecule has 192 valence electrons. The minimum atomic E-state index is -4.04. The number of para-hydroxylation sites is 1. The van der Waals surface area contributed by atoms with Crippen LogP contribution in [0.2, 0.25) is 10.0 Å². The van der Waals surface area contributed by atoms with Crippen LogP contribution < -0.4 is 9.62 Å². The molecule has 0 heterocycles. The van der Waals surface area contributed by atoms with Gasteiger partial charge in [-0.3, -0.25) is 13.9 Å². The van der Waals surface area contributed by atoms with Crippen LogP contribution in [0.4, 0.5) is 10.1 Å². The number of nitrogens with zero attached hydrogens (tertiary/aromatic N) is 2. The smallest absolute Gasteiger partial charge is 0.244 e. The number of rotatable bonds is 11. The van der Waals surface area contributed by atoms with Crippen molar-refractivity contribution in [1.82, 2.24) is 10.2 Å². The molecule has 0 radical (unpaired) electrons. The van der Waals surface area contributed by atoms with Crippen molar-refractivity contribution in [2.75, 3.05) is 17.1 Å². The van der Waals surface area contributed by atoms with Gasteiger partial charge in [0.2, 0.25) is 21.8 Å². The number of amides is 2. The summed E-state index contributed by atoms with van der Waals surface area (Å²) in [5, 5.41) is 3.45. The van der Waals surface area contributed by atoms with Gasteiger partial charge in [-0.25, -0.2) is 12.8 Å². The maximum atomic E-state index is 14.5.